The van der Waals surface area contributed by atoms with Gasteiger partial charge < -0.3 is 9.47 Å². The van der Waals surface area contributed by atoms with Crippen molar-refractivity contribution in [1.82, 2.24) is 0 Å². The first-order valence-corrected chi connectivity index (χ1v) is 24.2. The summed E-state index contributed by atoms with van der Waals surface area (Å²) in [7, 11) is 0.830. The molecule has 7 rings (SSSR count). The molecule has 4 fully saturated rings. The fourth-order valence-electron chi connectivity index (χ4n) is 9.98. The third kappa shape index (κ3) is 5.75. The molecule has 0 unspecified atom stereocenters. The molecule has 0 N–H and O–H groups in total. The molecule has 2 nitrogen and oxygen atoms in total. The Hall–Kier alpha value is -0.946. The van der Waals surface area contributed by atoms with Gasteiger partial charge >= 0.3 is 0 Å². The van der Waals surface area contributed by atoms with E-state index >= 15 is 0 Å². The van der Waals surface area contributed by atoms with E-state index in [0.717, 1.165) is 0 Å². The number of benzene rings is 2. The van der Waals surface area contributed by atoms with E-state index in [0.29, 0.717) is 23.7 Å². The molecule has 0 atom stereocenters. The predicted octanol–water partition coefficient (Wildman–Crippen LogP) is 12.3. The van der Waals surface area contributed by atoms with Gasteiger partial charge in [-0.3, -0.25) is 0 Å². The van der Waals surface area contributed by atoms with E-state index in [1.807, 2.05) is 14.2 Å². The van der Waals surface area contributed by atoms with Crippen LogP contribution in [0, 0.1) is 0 Å². The van der Waals surface area contributed by atoms with Crippen molar-refractivity contribution in [3.05, 3.63) is 34.4 Å². The quantitative estimate of drug-likeness (QED) is 0.148. The van der Waals surface area contributed by atoms with Gasteiger partial charge in [-0.25, -0.2) is 0 Å². The van der Waals surface area contributed by atoms with E-state index in [1.54, 1.807) is 0 Å². The average Bonchev–Trinajstić information content (AvgIpc) is 3.10. The lowest BCUT2D eigenvalue weighted by Crippen LogP contribution is -2.18. The van der Waals surface area contributed by atoms with Gasteiger partial charge in [-0.2, -0.15) is 0 Å². The van der Waals surface area contributed by atoms with Crippen LogP contribution in [0.4, 0.5) is 0 Å². The molecule has 0 amide bonds. The van der Waals surface area contributed by atoms with Crippen LogP contribution >= 0.6 is 22.2 Å². The first-order valence-electron chi connectivity index (χ1n) is 18.2. The summed E-state index contributed by atoms with van der Waals surface area (Å²) in [5.74, 6) is 4.62. The summed E-state index contributed by atoms with van der Waals surface area (Å²) < 4.78 is 13.0. The first-order chi connectivity index (χ1) is 21.6. The van der Waals surface area contributed by atoms with Crippen LogP contribution in [0.3, 0.4) is 0 Å². The summed E-state index contributed by atoms with van der Waals surface area (Å²) in [5, 5.41) is 2.88. The third-order valence-electron chi connectivity index (χ3n) is 12.1. The van der Waals surface area contributed by atoms with E-state index in [4.69, 9.17) is 31.6 Å². The van der Waals surface area contributed by atoms with Gasteiger partial charge in [0.25, 0.3) is 0 Å². The summed E-state index contributed by atoms with van der Waals surface area (Å²) in [4.78, 5) is 2.87. The smallest absolute Gasteiger partial charge is 0.158 e. The highest BCUT2D eigenvalue weighted by Crippen LogP contribution is 2.52. The molecular formula is C38H52Cl2O2Si2. The monoisotopic (exact) mass is 666 g/mol. The molecule has 0 saturated heterocycles. The lowest BCUT2D eigenvalue weighted by Gasteiger charge is -2.33. The Balaban J connectivity index is 1.60. The predicted molar refractivity (Wildman–Crippen MR) is 192 cm³/mol. The van der Waals surface area contributed by atoms with Gasteiger partial charge in [-0.05, 0) is 119 Å². The fourth-order valence-corrected chi connectivity index (χ4v) is 18.3. The maximum atomic E-state index is 7.83. The average molecular weight is 668 g/mol. The molecule has 0 radical (unpaired) electrons. The van der Waals surface area contributed by atoms with Crippen molar-refractivity contribution in [2.45, 2.75) is 152 Å². The molecule has 3 aromatic rings. The number of methoxy groups -OCH3 is 2. The van der Waals surface area contributed by atoms with Crippen molar-refractivity contribution >= 4 is 57.3 Å². The third-order valence-corrected chi connectivity index (χ3v) is 22.5. The standard InChI is InChI=1S/C38H52Cl2O2Si2/c1-41-35-29(25-15-7-3-8-16-25)23-31-32-24-30(26-17-9-4-10-18-26)36(42-2)34(28-21-13-6-14-22-28)38(32)44(40)43(39)37(31)33(35)27-19-11-5-12-20-27/h23-28H,3-22H2,1-2H3. The molecule has 4 saturated carbocycles. The second kappa shape index (κ2) is 14.0. The lowest BCUT2D eigenvalue weighted by molar-refractivity contribution is 0.370. The second-order valence-electron chi connectivity index (χ2n) is 14.6. The molecular weight excluding hydrogens is 615 g/mol. The van der Waals surface area contributed by atoms with Crippen LogP contribution in [-0.4, -0.2) is 28.6 Å². The van der Waals surface area contributed by atoms with Crippen molar-refractivity contribution in [2.75, 3.05) is 14.2 Å². The molecule has 1 aromatic heterocycles. The largest absolute Gasteiger partial charge is 0.496 e. The first kappa shape index (κ1) is 31.6. The second-order valence-corrected chi connectivity index (χ2v) is 24.1. The number of fused-ring (bicyclic) bond motifs is 3. The molecule has 44 heavy (non-hydrogen) atoms. The van der Waals surface area contributed by atoms with Gasteiger partial charge in [0, 0.05) is 11.1 Å². The Morgan fingerprint density at radius 3 is 1.07 bits per heavy atom. The van der Waals surface area contributed by atoms with E-state index in [2.05, 4.69) is 12.1 Å². The van der Waals surface area contributed by atoms with Crippen LogP contribution in [0.2, 0.25) is 0 Å². The zero-order chi connectivity index (χ0) is 30.2. The summed E-state index contributed by atoms with van der Waals surface area (Å²) in [6.45, 7) is 0. The molecule has 2 aromatic carbocycles. The molecule has 6 heteroatoms. The summed E-state index contributed by atoms with van der Waals surface area (Å²) in [5.41, 5.74) is 5.92. The Bertz CT molecular complexity index is 1380. The van der Waals surface area contributed by atoms with Crippen molar-refractivity contribution in [2.24, 2.45) is 0 Å². The van der Waals surface area contributed by atoms with Crippen LogP contribution in [-0.2, 0) is 0 Å². The van der Waals surface area contributed by atoms with Crippen molar-refractivity contribution in [3.8, 4) is 11.5 Å². The van der Waals surface area contributed by atoms with Gasteiger partial charge in [0.15, 0.2) is 14.4 Å². The number of halogens is 2. The van der Waals surface area contributed by atoms with Crippen LogP contribution in [0.25, 0.3) is 20.8 Å². The summed E-state index contributed by atoms with van der Waals surface area (Å²) >= 11 is 15.7. The van der Waals surface area contributed by atoms with Gasteiger partial charge in [0.2, 0.25) is 0 Å². The lowest BCUT2D eigenvalue weighted by atomic mass is 9.77. The van der Waals surface area contributed by atoms with E-state index in [1.165, 1.54) is 183 Å². The van der Waals surface area contributed by atoms with Crippen LogP contribution in [0.1, 0.15) is 174 Å². The minimum absolute atomic E-state index is 0.539. The number of ether oxygens (including phenoxy) is 2. The molecule has 0 spiro atoms. The van der Waals surface area contributed by atoms with Crippen LogP contribution in [0.5, 0.6) is 11.5 Å². The van der Waals surface area contributed by atoms with Gasteiger partial charge in [0.1, 0.15) is 11.5 Å². The molecule has 4 aliphatic rings. The highest BCUT2D eigenvalue weighted by molar-refractivity contribution is 7.46. The number of hydrogen-bond acceptors (Lipinski definition) is 2. The molecule has 1 heterocycles. The van der Waals surface area contributed by atoms with Crippen molar-refractivity contribution in [3.63, 3.8) is 0 Å². The van der Waals surface area contributed by atoms with Gasteiger partial charge in [0.05, 0.1) is 14.2 Å². The Kier molecular flexibility index (Phi) is 10.1. The molecule has 0 aliphatic heterocycles. The van der Waals surface area contributed by atoms with Crippen LogP contribution in [0.15, 0.2) is 12.1 Å². The number of rotatable bonds is 6. The summed E-state index contributed by atoms with van der Waals surface area (Å²) in [6.07, 6.45) is 26.1. The maximum Gasteiger partial charge on any atom is 0.158 e. The Morgan fingerprint density at radius 1 is 0.477 bits per heavy atom. The SMILES string of the molecule is COc1c(C2CCCCC2)cc2c3cc(C4CCCCC4)c(OC)c(C4CCCCC4)c3[si](Cl)[si](Cl)c2c1C1CCCCC1. The minimum Gasteiger partial charge on any atom is -0.496 e. The fraction of sp³-hybridized carbons (Fsp3) is 0.684. The Morgan fingerprint density at radius 2 is 0.773 bits per heavy atom. The molecule has 238 valence electrons. The van der Waals surface area contributed by atoms with Crippen LogP contribution < -0.4 is 9.47 Å². The zero-order valence-electron chi connectivity index (χ0n) is 27.2. The maximum absolute atomic E-state index is 7.83. The highest BCUT2D eigenvalue weighted by Gasteiger charge is 2.34. The van der Waals surface area contributed by atoms with Crippen molar-refractivity contribution < 1.29 is 9.47 Å². The zero-order valence-corrected chi connectivity index (χ0v) is 30.7. The topological polar surface area (TPSA) is 18.5 Å². The summed E-state index contributed by atoms with van der Waals surface area (Å²) in [6, 6.07) is 5.19. The normalized spacial score (nSPS) is 21.7. The van der Waals surface area contributed by atoms with Gasteiger partial charge in [-0.1, -0.05) is 77.0 Å². The van der Waals surface area contributed by atoms with E-state index in [9.17, 15) is 0 Å². The Labute approximate surface area is 277 Å². The minimum atomic E-state index is -1.51. The van der Waals surface area contributed by atoms with Crippen molar-refractivity contribution in [1.29, 1.82) is 0 Å². The van der Waals surface area contributed by atoms with E-state index in [-0.39, 0.29) is 0 Å². The van der Waals surface area contributed by atoms with E-state index < -0.39 is 14.4 Å². The number of hydrogen-bond donors (Lipinski definition) is 0. The molecule has 4 aliphatic carbocycles. The highest BCUT2D eigenvalue weighted by atomic mass is 35.6. The van der Waals surface area contributed by atoms with Gasteiger partial charge in [-0.15, -0.1) is 22.2 Å². The molecule has 0 bridgehead atoms.